The van der Waals surface area contributed by atoms with Gasteiger partial charge in [-0.05, 0) is 19.8 Å². The van der Waals surface area contributed by atoms with Crippen LogP contribution in [0.1, 0.15) is 26.2 Å². The van der Waals surface area contributed by atoms with Crippen LogP contribution < -0.4 is 5.73 Å². The molecule has 0 saturated heterocycles. The molecule has 1 rings (SSSR count). The molecule has 3 nitrogen and oxygen atoms in total. The van der Waals surface area contributed by atoms with Crippen molar-refractivity contribution in [2.24, 2.45) is 11.7 Å². The summed E-state index contributed by atoms with van der Waals surface area (Å²) in [6, 6.07) is 0.0649. The first-order valence-electron chi connectivity index (χ1n) is 5.17. The number of carbonyl (C=O) groups excluding carboxylic acids is 1. The van der Waals surface area contributed by atoms with E-state index >= 15 is 0 Å². The fourth-order valence-electron chi connectivity index (χ4n) is 2.06. The fraction of sp³-hybridized carbons (Fsp3) is 0.727. The molecule has 1 aliphatic rings. The SMILES string of the molecule is C=C(C)CN(C)C(=O)C1CCCC1N. The van der Waals surface area contributed by atoms with E-state index in [0.29, 0.717) is 6.54 Å². The van der Waals surface area contributed by atoms with Gasteiger partial charge >= 0.3 is 0 Å². The number of nitrogens with two attached hydrogens (primary N) is 1. The Hall–Kier alpha value is -0.830. The summed E-state index contributed by atoms with van der Waals surface area (Å²) in [4.78, 5) is 13.6. The van der Waals surface area contributed by atoms with Gasteiger partial charge in [0, 0.05) is 19.6 Å². The molecule has 0 heterocycles. The Morgan fingerprint density at radius 2 is 2.21 bits per heavy atom. The Morgan fingerprint density at radius 1 is 1.57 bits per heavy atom. The summed E-state index contributed by atoms with van der Waals surface area (Å²) in [5.41, 5.74) is 6.89. The van der Waals surface area contributed by atoms with Crippen molar-refractivity contribution in [2.75, 3.05) is 13.6 Å². The second kappa shape index (κ2) is 4.60. The molecule has 3 heteroatoms. The molecule has 0 aromatic heterocycles. The summed E-state index contributed by atoms with van der Waals surface area (Å²) < 4.78 is 0. The molecule has 1 fully saturated rings. The van der Waals surface area contributed by atoms with Crippen LogP contribution in [0.15, 0.2) is 12.2 Å². The smallest absolute Gasteiger partial charge is 0.227 e. The second-order valence-electron chi connectivity index (χ2n) is 4.35. The fourth-order valence-corrected chi connectivity index (χ4v) is 2.06. The summed E-state index contributed by atoms with van der Waals surface area (Å²) >= 11 is 0. The highest BCUT2D eigenvalue weighted by atomic mass is 16.2. The lowest BCUT2D eigenvalue weighted by molar-refractivity contribution is -0.133. The molecule has 14 heavy (non-hydrogen) atoms. The van der Waals surface area contributed by atoms with Gasteiger partial charge in [0.05, 0.1) is 5.92 Å². The van der Waals surface area contributed by atoms with Crippen molar-refractivity contribution in [1.29, 1.82) is 0 Å². The number of likely N-dealkylation sites (N-methyl/N-ethyl adjacent to an activating group) is 1. The third-order valence-corrected chi connectivity index (χ3v) is 2.77. The van der Waals surface area contributed by atoms with E-state index in [1.807, 2.05) is 14.0 Å². The maximum Gasteiger partial charge on any atom is 0.227 e. The van der Waals surface area contributed by atoms with Gasteiger partial charge in [0.15, 0.2) is 0 Å². The van der Waals surface area contributed by atoms with Crippen LogP contribution in [0.2, 0.25) is 0 Å². The number of nitrogens with zero attached hydrogens (tertiary/aromatic N) is 1. The molecule has 0 aromatic rings. The standard InChI is InChI=1S/C11H20N2O/c1-8(2)7-13(3)11(14)9-5-4-6-10(9)12/h9-10H,1,4-7,12H2,2-3H3. The zero-order chi connectivity index (χ0) is 10.7. The Labute approximate surface area is 86.0 Å². The van der Waals surface area contributed by atoms with E-state index in [0.717, 1.165) is 24.8 Å². The minimum Gasteiger partial charge on any atom is -0.341 e. The first-order chi connectivity index (χ1) is 6.52. The second-order valence-corrected chi connectivity index (χ2v) is 4.35. The molecule has 1 amide bonds. The average molecular weight is 196 g/mol. The first-order valence-corrected chi connectivity index (χ1v) is 5.17. The van der Waals surface area contributed by atoms with E-state index in [1.165, 1.54) is 0 Å². The van der Waals surface area contributed by atoms with E-state index < -0.39 is 0 Å². The molecule has 80 valence electrons. The lowest BCUT2D eigenvalue weighted by Gasteiger charge is -2.23. The van der Waals surface area contributed by atoms with Gasteiger partial charge in [-0.3, -0.25) is 4.79 Å². The van der Waals surface area contributed by atoms with Gasteiger partial charge in [-0.1, -0.05) is 18.6 Å². The molecule has 0 spiro atoms. The van der Waals surface area contributed by atoms with Crippen LogP contribution in [0.5, 0.6) is 0 Å². The van der Waals surface area contributed by atoms with Crippen LogP contribution in [0.25, 0.3) is 0 Å². The van der Waals surface area contributed by atoms with E-state index in [4.69, 9.17) is 5.73 Å². The van der Waals surface area contributed by atoms with Gasteiger partial charge in [0.25, 0.3) is 0 Å². The highest BCUT2D eigenvalue weighted by molar-refractivity contribution is 5.79. The van der Waals surface area contributed by atoms with Crippen molar-refractivity contribution < 1.29 is 4.79 Å². The van der Waals surface area contributed by atoms with Crippen LogP contribution >= 0.6 is 0 Å². The van der Waals surface area contributed by atoms with Gasteiger partial charge < -0.3 is 10.6 Å². The minimum absolute atomic E-state index is 0.0411. The van der Waals surface area contributed by atoms with E-state index in [9.17, 15) is 4.79 Å². The van der Waals surface area contributed by atoms with Crippen molar-refractivity contribution in [2.45, 2.75) is 32.2 Å². The van der Waals surface area contributed by atoms with E-state index in [1.54, 1.807) is 4.90 Å². The number of hydrogen-bond donors (Lipinski definition) is 1. The summed E-state index contributed by atoms with van der Waals surface area (Å²) in [5.74, 6) is 0.220. The van der Waals surface area contributed by atoms with Gasteiger partial charge in [-0.25, -0.2) is 0 Å². The van der Waals surface area contributed by atoms with Crippen LogP contribution in [0.4, 0.5) is 0 Å². The number of carbonyl (C=O) groups is 1. The van der Waals surface area contributed by atoms with Gasteiger partial charge in [0.2, 0.25) is 5.91 Å². The van der Waals surface area contributed by atoms with Crippen molar-refractivity contribution in [3.63, 3.8) is 0 Å². The maximum atomic E-state index is 11.9. The largest absolute Gasteiger partial charge is 0.341 e. The summed E-state index contributed by atoms with van der Waals surface area (Å²) in [6.07, 6.45) is 3.01. The van der Waals surface area contributed by atoms with Crippen molar-refractivity contribution >= 4 is 5.91 Å². The Kier molecular flexibility index (Phi) is 3.69. The lowest BCUT2D eigenvalue weighted by atomic mass is 10.0. The zero-order valence-corrected chi connectivity index (χ0v) is 9.12. The molecule has 2 N–H and O–H groups in total. The molecule has 0 aliphatic heterocycles. The Morgan fingerprint density at radius 3 is 2.64 bits per heavy atom. The molecular formula is C11H20N2O. The highest BCUT2D eigenvalue weighted by Gasteiger charge is 2.31. The molecule has 1 aliphatic carbocycles. The van der Waals surface area contributed by atoms with Gasteiger partial charge in [-0.2, -0.15) is 0 Å². The monoisotopic (exact) mass is 196 g/mol. The zero-order valence-electron chi connectivity index (χ0n) is 9.12. The maximum absolute atomic E-state index is 11.9. The summed E-state index contributed by atoms with van der Waals surface area (Å²) in [6.45, 7) is 6.37. The molecule has 2 atom stereocenters. The van der Waals surface area contributed by atoms with E-state index in [-0.39, 0.29) is 17.9 Å². The van der Waals surface area contributed by atoms with Crippen molar-refractivity contribution in [3.8, 4) is 0 Å². The van der Waals surface area contributed by atoms with E-state index in [2.05, 4.69) is 6.58 Å². The molecule has 2 unspecified atom stereocenters. The predicted octanol–water partition coefficient (Wildman–Crippen LogP) is 1.15. The molecule has 0 bridgehead atoms. The van der Waals surface area contributed by atoms with Crippen molar-refractivity contribution in [1.82, 2.24) is 4.90 Å². The summed E-state index contributed by atoms with van der Waals surface area (Å²) in [7, 11) is 1.82. The highest BCUT2D eigenvalue weighted by Crippen LogP contribution is 2.25. The van der Waals surface area contributed by atoms with Crippen LogP contribution in [-0.4, -0.2) is 30.4 Å². The normalized spacial score (nSPS) is 26.2. The average Bonchev–Trinajstić information content (AvgIpc) is 2.48. The van der Waals surface area contributed by atoms with Crippen molar-refractivity contribution in [3.05, 3.63) is 12.2 Å². The number of rotatable bonds is 3. The number of amides is 1. The third-order valence-electron chi connectivity index (χ3n) is 2.77. The summed E-state index contributed by atoms with van der Waals surface area (Å²) in [5, 5.41) is 0. The lowest BCUT2D eigenvalue weighted by Crippen LogP contribution is -2.40. The Balaban J connectivity index is 2.51. The number of hydrogen-bond acceptors (Lipinski definition) is 2. The topological polar surface area (TPSA) is 46.3 Å². The van der Waals surface area contributed by atoms with Crippen LogP contribution in [-0.2, 0) is 4.79 Å². The molecule has 0 aromatic carbocycles. The van der Waals surface area contributed by atoms with Gasteiger partial charge in [0.1, 0.15) is 0 Å². The predicted molar refractivity (Wildman–Crippen MR) is 57.8 cm³/mol. The molecular weight excluding hydrogens is 176 g/mol. The van der Waals surface area contributed by atoms with Gasteiger partial charge in [-0.15, -0.1) is 0 Å². The van der Waals surface area contributed by atoms with Crippen LogP contribution in [0.3, 0.4) is 0 Å². The molecule has 1 saturated carbocycles. The van der Waals surface area contributed by atoms with Crippen LogP contribution in [0, 0.1) is 5.92 Å². The third kappa shape index (κ3) is 2.58. The minimum atomic E-state index is 0.0411. The Bertz CT molecular complexity index is 237. The molecule has 0 radical (unpaired) electrons. The first kappa shape index (κ1) is 11.2. The quantitative estimate of drug-likeness (QED) is 0.688.